The summed E-state index contributed by atoms with van der Waals surface area (Å²) in [7, 11) is 0. The van der Waals surface area contributed by atoms with Crippen molar-refractivity contribution in [2.24, 2.45) is 5.92 Å². The molecule has 0 radical (unpaired) electrons. The maximum atomic E-state index is 9.65. The van der Waals surface area contributed by atoms with Crippen LogP contribution in [0.5, 0.6) is 0 Å². The molecule has 0 aromatic carbocycles. The number of nitrogens with zero attached hydrogens (tertiary/aromatic N) is 1. The first-order valence-electron chi connectivity index (χ1n) is 4.49. The summed E-state index contributed by atoms with van der Waals surface area (Å²) in [6.45, 7) is 7.65. The SMILES string of the molecule is C=C(C)[C@@H]1CC(C#N)=C(C)[C@H](O)C1. The molecule has 0 spiro atoms. The maximum absolute atomic E-state index is 9.65. The molecule has 0 saturated heterocycles. The van der Waals surface area contributed by atoms with E-state index in [0.29, 0.717) is 6.42 Å². The summed E-state index contributed by atoms with van der Waals surface area (Å²) in [5, 5.41) is 18.5. The summed E-state index contributed by atoms with van der Waals surface area (Å²) in [4.78, 5) is 0. The molecule has 0 bridgehead atoms. The second-order valence-corrected chi connectivity index (χ2v) is 3.77. The van der Waals surface area contributed by atoms with E-state index in [1.54, 1.807) is 0 Å². The van der Waals surface area contributed by atoms with Crippen LogP contribution in [0.4, 0.5) is 0 Å². The Morgan fingerprint density at radius 1 is 1.69 bits per heavy atom. The Kier molecular flexibility index (Phi) is 2.90. The van der Waals surface area contributed by atoms with Crippen LogP contribution in [0.1, 0.15) is 26.7 Å². The van der Waals surface area contributed by atoms with Crippen LogP contribution in [0.3, 0.4) is 0 Å². The summed E-state index contributed by atoms with van der Waals surface area (Å²) in [6.07, 6.45) is 1.01. The number of allylic oxidation sites excluding steroid dienone is 2. The highest BCUT2D eigenvalue weighted by atomic mass is 16.3. The summed E-state index contributed by atoms with van der Waals surface area (Å²) in [6, 6.07) is 2.15. The number of nitriles is 1. The second-order valence-electron chi connectivity index (χ2n) is 3.77. The van der Waals surface area contributed by atoms with E-state index in [9.17, 15) is 5.11 Å². The van der Waals surface area contributed by atoms with Crippen molar-refractivity contribution in [1.29, 1.82) is 5.26 Å². The highest BCUT2D eigenvalue weighted by Crippen LogP contribution is 2.32. The molecule has 0 aromatic heterocycles. The van der Waals surface area contributed by atoms with Gasteiger partial charge in [0.15, 0.2) is 0 Å². The van der Waals surface area contributed by atoms with Gasteiger partial charge in [0.2, 0.25) is 0 Å². The fourth-order valence-electron chi connectivity index (χ4n) is 1.65. The minimum Gasteiger partial charge on any atom is -0.389 e. The Morgan fingerprint density at radius 3 is 2.77 bits per heavy atom. The monoisotopic (exact) mass is 177 g/mol. The van der Waals surface area contributed by atoms with Crippen LogP contribution in [-0.2, 0) is 0 Å². The molecule has 0 saturated carbocycles. The molecule has 0 aromatic rings. The minimum absolute atomic E-state index is 0.272. The van der Waals surface area contributed by atoms with Gasteiger partial charge in [-0.2, -0.15) is 5.26 Å². The van der Waals surface area contributed by atoms with E-state index >= 15 is 0 Å². The Bertz CT molecular complexity index is 296. The Hall–Kier alpha value is -1.07. The van der Waals surface area contributed by atoms with Crippen LogP contribution < -0.4 is 0 Å². The van der Waals surface area contributed by atoms with Crippen molar-refractivity contribution in [1.82, 2.24) is 0 Å². The largest absolute Gasteiger partial charge is 0.389 e. The van der Waals surface area contributed by atoms with Gasteiger partial charge in [0.05, 0.1) is 12.2 Å². The molecule has 2 heteroatoms. The van der Waals surface area contributed by atoms with Gasteiger partial charge >= 0.3 is 0 Å². The highest BCUT2D eigenvalue weighted by Gasteiger charge is 2.25. The first-order chi connectivity index (χ1) is 6.06. The van der Waals surface area contributed by atoms with Crippen molar-refractivity contribution in [3.63, 3.8) is 0 Å². The first-order valence-corrected chi connectivity index (χ1v) is 4.49. The predicted octanol–water partition coefficient (Wildman–Crippen LogP) is 2.17. The van der Waals surface area contributed by atoms with Crippen LogP contribution in [-0.4, -0.2) is 11.2 Å². The standard InChI is InChI=1S/C11H15NO/c1-7(2)9-4-10(6-12)8(3)11(13)5-9/h9,11,13H,1,4-5H2,2-3H3/t9-,11-/m1/s1. The van der Waals surface area contributed by atoms with E-state index in [2.05, 4.69) is 12.6 Å². The first kappa shape index (κ1) is 10.0. The topological polar surface area (TPSA) is 44.0 Å². The molecule has 2 nitrogen and oxygen atoms in total. The molecular weight excluding hydrogens is 162 g/mol. The number of hydrogen-bond donors (Lipinski definition) is 1. The lowest BCUT2D eigenvalue weighted by Crippen LogP contribution is -2.22. The molecule has 13 heavy (non-hydrogen) atoms. The minimum atomic E-state index is -0.454. The molecule has 0 amide bonds. The molecule has 1 rings (SSSR count). The second kappa shape index (κ2) is 3.76. The zero-order valence-electron chi connectivity index (χ0n) is 8.17. The van der Waals surface area contributed by atoms with Gasteiger partial charge in [0.25, 0.3) is 0 Å². The summed E-state index contributed by atoms with van der Waals surface area (Å²) < 4.78 is 0. The predicted molar refractivity (Wildman–Crippen MR) is 51.9 cm³/mol. The van der Waals surface area contributed by atoms with Crippen molar-refractivity contribution < 1.29 is 5.11 Å². The maximum Gasteiger partial charge on any atom is 0.0947 e. The van der Waals surface area contributed by atoms with Gasteiger partial charge in [0, 0.05) is 5.57 Å². The van der Waals surface area contributed by atoms with E-state index in [1.165, 1.54) is 0 Å². The molecule has 0 aliphatic heterocycles. The van der Waals surface area contributed by atoms with Crippen LogP contribution in [0.15, 0.2) is 23.3 Å². The third kappa shape index (κ3) is 1.99. The van der Waals surface area contributed by atoms with E-state index in [-0.39, 0.29) is 5.92 Å². The average Bonchev–Trinajstić information content (AvgIpc) is 2.09. The van der Waals surface area contributed by atoms with Crippen LogP contribution in [0.25, 0.3) is 0 Å². The molecule has 0 heterocycles. The third-order valence-electron chi connectivity index (χ3n) is 2.77. The van der Waals surface area contributed by atoms with Crippen molar-refractivity contribution >= 4 is 0 Å². The zero-order chi connectivity index (χ0) is 10.0. The van der Waals surface area contributed by atoms with Crippen LogP contribution in [0, 0.1) is 17.2 Å². The Labute approximate surface area is 79.2 Å². The molecule has 0 fully saturated rings. The smallest absolute Gasteiger partial charge is 0.0947 e. The molecule has 70 valence electrons. The molecular formula is C11H15NO. The van der Waals surface area contributed by atoms with Crippen molar-refractivity contribution in [2.45, 2.75) is 32.8 Å². The van der Waals surface area contributed by atoms with Crippen molar-refractivity contribution in [3.8, 4) is 6.07 Å². The van der Waals surface area contributed by atoms with Crippen molar-refractivity contribution in [2.75, 3.05) is 0 Å². The third-order valence-corrected chi connectivity index (χ3v) is 2.77. The molecule has 1 aliphatic rings. The molecule has 0 unspecified atom stereocenters. The zero-order valence-corrected chi connectivity index (χ0v) is 8.17. The number of hydrogen-bond acceptors (Lipinski definition) is 2. The van der Waals surface area contributed by atoms with E-state index in [4.69, 9.17) is 5.26 Å². The van der Waals surface area contributed by atoms with Crippen LogP contribution >= 0.6 is 0 Å². The molecule has 1 aliphatic carbocycles. The van der Waals surface area contributed by atoms with Crippen LogP contribution in [0.2, 0.25) is 0 Å². The van der Waals surface area contributed by atoms with Gasteiger partial charge in [-0.15, -0.1) is 0 Å². The fourth-order valence-corrected chi connectivity index (χ4v) is 1.65. The lowest BCUT2D eigenvalue weighted by atomic mass is 9.80. The lowest BCUT2D eigenvalue weighted by Gasteiger charge is -2.27. The Balaban J connectivity index is 2.90. The van der Waals surface area contributed by atoms with Gasteiger partial charge in [-0.3, -0.25) is 0 Å². The normalized spacial score (nSPS) is 28.5. The van der Waals surface area contributed by atoms with Crippen molar-refractivity contribution in [3.05, 3.63) is 23.3 Å². The lowest BCUT2D eigenvalue weighted by molar-refractivity contribution is 0.172. The van der Waals surface area contributed by atoms with Gasteiger partial charge in [-0.05, 0) is 38.2 Å². The molecule has 1 N–H and O–H groups in total. The number of aliphatic hydroxyl groups excluding tert-OH is 1. The highest BCUT2D eigenvalue weighted by molar-refractivity contribution is 5.33. The molecule has 2 atom stereocenters. The number of rotatable bonds is 1. The quantitative estimate of drug-likeness (QED) is 0.624. The average molecular weight is 177 g/mol. The van der Waals surface area contributed by atoms with E-state index in [1.807, 2.05) is 13.8 Å². The van der Waals surface area contributed by atoms with E-state index in [0.717, 1.165) is 23.1 Å². The van der Waals surface area contributed by atoms with Gasteiger partial charge in [0.1, 0.15) is 0 Å². The number of aliphatic hydroxyl groups is 1. The summed E-state index contributed by atoms with van der Waals surface area (Å²) in [5.74, 6) is 0.272. The van der Waals surface area contributed by atoms with Gasteiger partial charge < -0.3 is 5.11 Å². The van der Waals surface area contributed by atoms with Gasteiger partial charge in [-0.25, -0.2) is 0 Å². The van der Waals surface area contributed by atoms with Gasteiger partial charge in [-0.1, -0.05) is 12.2 Å². The Morgan fingerprint density at radius 2 is 2.31 bits per heavy atom. The fraction of sp³-hybridized carbons (Fsp3) is 0.545. The summed E-state index contributed by atoms with van der Waals surface area (Å²) in [5.41, 5.74) is 2.62. The van der Waals surface area contributed by atoms with E-state index < -0.39 is 6.10 Å². The summed E-state index contributed by atoms with van der Waals surface area (Å²) >= 11 is 0.